The van der Waals surface area contributed by atoms with E-state index in [0.717, 1.165) is 0 Å². The monoisotopic (exact) mass is 116 g/mol. The van der Waals surface area contributed by atoms with Gasteiger partial charge in [0.15, 0.2) is 0 Å². The van der Waals surface area contributed by atoms with Gasteiger partial charge in [-0.25, -0.2) is 0 Å². The van der Waals surface area contributed by atoms with Crippen LogP contribution in [0.25, 0.3) is 0 Å². The molecule has 40 valence electrons. The minimum absolute atomic E-state index is 0.575. The Morgan fingerprint density at radius 1 is 2.00 bits per heavy atom. The predicted molar refractivity (Wildman–Crippen MR) is 35.3 cm³/mol. The number of hydrogen-bond acceptors (Lipinski definition) is 3. The van der Waals surface area contributed by atoms with Gasteiger partial charge in [-0.05, 0) is 0 Å². The van der Waals surface area contributed by atoms with Crippen molar-refractivity contribution in [1.29, 1.82) is 0 Å². The number of nitrogens with zero attached hydrogens (tertiary/aromatic N) is 1. The summed E-state index contributed by atoms with van der Waals surface area (Å²) in [5.41, 5.74) is 6.80. The normalized spacial score (nSPS) is 9.86. The minimum Gasteiger partial charge on any atom is -0.394 e. The second-order valence-corrected chi connectivity index (χ2v) is 1.92. The van der Waals surface area contributed by atoms with Crippen LogP contribution in [0.3, 0.4) is 0 Å². The number of rotatable bonds is 2. The van der Waals surface area contributed by atoms with Crippen molar-refractivity contribution in [2.75, 3.05) is 7.05 Å². The van der Waals surface area contributed by atoms with E-state index in [4.69, 9.17) is 5.73 Å². The van der Waals surface area contributed by atoms with E-state index < -0.39 is 0 Å². The molecule has 0 unspecified atom stereocenters. The van der Waals surface area contributed by atoms with E-state index in [1.165, 1.54) is 11.8 Å². The molecule has 0 aromatic rings. The Bertz CT molecular complexity index is 87.7. The molecular weight excluding hydrogens is 108 g/mol. The fourth-order valence-electron chi connectivity index (χ4n) is 0.120. The zero-order valence-electron chi connectivity index (χ0n) is 4.22. The molecule has 0 aliphatic rings. The van der Waals surface area contributed by atoms with Crippen LogP contribution in [0.5, 0.6) is 0 Å². The number of nitrogens with two attached hydrogens (primary N) is 1. The predicted octanol–water partition coefficient (Wildman–Crippen LogP) is 0.808. The van der Waals surface area contributed by atoms with Gasteiger partial charge in [-0.15, -0.1) is 0 Å². The quantitative estimate of drug-likeness (QED) is 0.428. The first-order valence-corrected chi connectivity index (χ1v) is 2.67. The van der Waals surface area contributed by atoms with Crippen LogP contribution in [0, 0.1) is 0 Å². The van der Waals surface area contributed by atoms with Gasteiger partial charge in [-0.2, -0.15) is 0 Å². The maximum atomic E-state index is 5.16. The highest BCUT2D eigenvalue weighted by Gasteiger charge is 1.75. The van der Waals surface area contributed by atoms with Crippen molar-refractivity contribution in [3.63, 3.8) is 0 Å². The van der Waals surface area contributed by atoms with Crippen LogP contribution in [0.1, 0.15) is 0 Å². The van der Waals surface area contributed by atoms with Crippen LogP contribution < -0.4 is 5.73 Å². The first-order chi connectivity index (χ1) is 3.27. The molecule has 0 bridgehead atoms. The van der Waals surface area contributed by atoms with Crippen molar-refractivity contribution in [3.8, 4) is 0 Å². The molecule has 0 saturated carbocycles. The van der Waals surface area contributed by atoms with E-state index in [9.17, 15) is 0 Å². The van der Waals surface area contributed by atoms with Gasteiger partial charge in [0.05, 0.1) is 10.6 Å². The number of hydrogen-bond donors (Lipinski definition) is 1. The zero-order valence-corrected chi connectivity index (χ0v) is 5.03. The van der Waals surface area contributed by atoms with E-state index in [-0.39, 0.29) is 0 Å². The molecule has 0 heterocycles. The van der Waals surface area contributed by atoms with Crippen LogP contribution in [-0.4, -0.2) is 12.6 Å². The second kappa shape index (κ2) is 3.74. The molecular formula is C4H8N2S. The highest BCUT2D eigenvalue weighted by atomic mass is 32.2. The molecule has 0 rings (SSSR count). The number of thioether (sulfide) groups is 1. The lowest BCUT2D eigenvalue weighted by Crippen LogP contribution is -1.86. The molecule has 7 heavy (non-hydrogen) atoms. The smallest absolute Gasteiger partial charge is 0.0639 e. The second-order valence-electron chi connectivity index (χ2n) is 0.948. The molecule has 0 aromatic carbocycles. The van der Waals surface area contributed by atoms with Crippen molar-refractivity contribution in [2.24, 2.45) is 10.7 Å². The van der Waals surface area contributed by atoms with Crippen molar-refractivity contribution < 1.29 is 0 Å². The highest BCUT2D eigenvalue weighted by Crippen LogP contribution is 1.99. The summed E-state index contributed by atoms with van der Waals surface area (Å²) in [6, 6.07) is 0. The van der Waals surface area contributed by atoms with Crippen molar-refractivity contribution >= 4 is 17.3 Å². The topological polar surface area (TPSA) is 38.4 Å². The minimum atomic E-state index is 0.575. The zero-order chi connectivity index (χ0) is 5.70. The summed E-state index contributed by atoms with van der Waals surface area (Å²) < 4.78 is 0. The third-order valence-electron chi connectivity index (χ3n) is 0.309. The Balaban J connectivity index is 3.14. The summed E-state index contributed by atoms with van der Waals surface area (Å²) in [5.74, 6) is 0. The van der Waals surface area contributed by atoms with Gasteiger partial charge in [-0.1, -0.05) is 18.3 Å². The van der Waals surface area contributed by atoms with Crippen LogP contribution >= 0.6 is 11.8 Å². The lowest BCUT2D eigenvalue weighted by atomic mass is 11.1. The molecule has 0 aromatic heterocycles. The average molecular weight is 116 g/mol. The molecule has 3 heteroatoms. The molecule has 0 spiro atoms. The molecule has 2 nitrogen and oxygen atoms in total. The van der Waals surface area contributed by atoms with Crippen molar-refractivity contribution in [3.05, 3.63) is 11.6 Å². The van der Waals surface area contributed by atoms with Gasteiger partial charge in [0.25, 0.3) is 0 Å². The molecule has 0 saturated heterocycles. The van der Waals surface area contributed by atoms with E-state index >= 15 is 0 Å². The first-order valence-electron chi connectivity index (χ1n) is 1.79. The number of aliphatic imine (C=N–C) groups is 1. The molecule has 2 N–H and O–H groups in total. The summed E-state index contributed by atoms with van der Waals surface area (Å²) in [6.07, 6.45) is 0. The fourth-order valence-corrected chi connectivity index (χ4v) is 0.361. The Morgan fingerprint density at radius 2 is 2.57 bits per heavy atom. The molecule has 0 aliphatic heterocycles. The third kappa shape index (κ3) is 5.56. The summed E-state index contributed by atoms with van der Waals surface area (Å²) in [4.78, 5) is 3.67. The third-order valence-corrected chi connectivity index (χ3v) is 0.928. The Kier molecular flexibility index (Phi) is 3.50. The summed E-state index contributed by atoms with van der Waals surface area (Å²) in [5, 5.41) is 0.575. The molecule has 0 fully saturated rings. The standard InChI is InChI=1S/C4H8N2S/c1-4(5)7-3-6-2/h3H,1,5H2,2H3. The summed E-state index contributed by atoms with van der Waals surface area (Å²) >= 11 is 1.32. The van der Waals surface area contributed by atoms with Crippen molar-refractivity contribution in [1.82, 2.24) is 0 Å². The molecule has 0 atom stereocenters. The molecule has 0 amide bonds. The summed E-state index contributed by atoms with van der Waals surface area (Å²) in [6.45, 7) is 3.44. The first kappa shape index (κ1) is 6.56. The van der Waals surface area contributed by atoms with Gasteiger partial charge < -0.3 is 5.73 Å². The maximum Gasteiger partial charge on any atom is 0.0639 e. The van der Waals surface area contributed by atoms with E-state index in [1.54, 1.807) is 12.6 Å². The van der Waals surface area contributed by atoms with E-state index in [1.807, 2.05) is 0 Å². The lowest BCUT2D eigenvalue weighted by Gasteiger charge is -1.84. The van der Waals surface area contributed by atoms with Gasteiger partial charge in [0, 0.05) is 7.05 Å². The largest absolute Gasteiger partial charge is 0.394 e. The van der Waals surface area contributed by atoms with Crippen LogP contribution in [-0.2, 0) is 0 Å². The average Bonchev–Trinajstić information content (AvgIpc) is 1.61. The lowest BCUT2D eigenvalue weighted by molar-refractivity contribution is 1.49. The Hall–Kier alpha value is -0.440. The Morgan fingerprint density at radius 3 is 2.71 bits per heavy atom. The van der Waals surface area contributed by atoms with Gasteiger partial charge in [0.2, 0.25) is 0 Å². The van der Waals surface area contributed by atoms with Crippen molar-refractivity contribution in [2.45, 2.75) is 0 Å². The van der Waals surface area contributed by atoms with Gasteiger partial charge in [0.1, 0.15) is 0 Å². The summed E-state index contributed by atoms with van der Waals surface area (Å²) in [7, 11) is 1.69. The Labute approximate surface area is 47.5 Å². The maximum absolute atomic E-state index is 5.16. The molecule has 0 radical (unpaired) electrons. The van der Waals surface area contributed by atoms with Crippen LogP contribution in [0.15, 0.2) is 16.6 Å². The van der Waals surface area contributed by atoms with Crippen LogP contribution in [0.4, 0.5) is 0 Å². The molecule has 0 aliphatic carbocycles. The van der Waals surface area contributed by atoms with Gasteiger partial charge in [-0.3, -0.25) is 4.99 Å². The highest BCUT2D eigenvalue weighted by molar-refractivity contribution is 8.15. The van der Waals surface area contributed by atoms with E-state index in [0.29, 0.717) is 5.03 Å². The van der Waals surface area contributed by atoms with Crippen LogP contribution in [0.2, 0.25) is 0 Å². The fraction of sp³-hybridized carbons (Fsp3) is 0.250. The van der Waals surface area contributed by atoms with Gasteiger partial charge >= 0.3 is 0 Å². The SMILES string of the molecule is C=C(N)SC=NC. The van der Waals surface area contributed by atoms with E-state index in [2.05, 4.69) is 11.6 Å².